The van der Waals surface area contributed by atoms with E-state index in [1.165, 1.54) is 19.3 Å². The molecular formula is C19H23N5O. The monoisotopic (exact) mass is 337 g/mol. The first-order valence-corrected chi connectivity index (χ1v) is 8.77. The van der Waals surface area contributed by atoms with Crippen LogP contribution >= 0.6 is 0 Å². The van der Waals surface area contributed by atoms with Crippen LogP contribution in [0.2, 0.25) is 0 Å². The molecule has 1 saturated carbocycles. The smallest absolute Gasteiger partial charge is 0.328 e. The van der Waals surface area contributed by atoms with Gasteiger partial charge < -0.3 is 5.32 Å². The van der Waals surface area contributed by atoms with E-state index in [0.29, 0.717) is 18.4 Å². The number of rotatable bonds is 4. The number of fused-ring (bicyclic) bond motifs is 1. The number of hydrogen-bond donors (Lipinski definition) is 1. The molecule has 0 radical (unpaired) electrons. The Morgan fingerprint density at radius 3 is 2.60 bits per heavy atom. The zero-order chi connectivity index (χ0) is 17.6. The molecule has 130 valence electrons. The predicted octanol–water partition coefficient (Wildman–Crippen LogP) is 2.86. The highest BCUT2D eigenvalue weighted by atomic mass is 16.1. The highest BCUT2D eigenvalue weighted by Gasteiger charge is 2.21. The van der Waals surface area contributed by atoms with Gasteiger partial charge in [0.2, 0.25) is 5.95 Å². The maximum Gasteiger partial charge on any atom is 0.328 e. The zero-order valence-corrected chi connectivity index (χ0v) is 14.9. The van der Waals surface area contributed by atoms with Crippen molar-refractivity contribution in [3.8, 4) is 0 Å². The van der Waals surface area contributed by atoms with Crippen molar-refractivity contribution in [2.45, 2.75) is 38.6 Å². The maximum absolute atomic E-state index is 12.0. The summed E-state index contributed by atoms with van der Waals surface area (Å²) in [6.45, 7) is 2.65. The number of hydrogen-bond acceptors (Lipinski definition) is 4. The maximum atomic E-state index is 12.0. The fourth-order valence-electron chi connectivity index (χ4n) is 3.43. The third-order valence-corrected chi connectivity index (χ3v) is 5.18. The highest BCUT2D eigenvalue weighted by Crippen LogP contribution is 2.35. The number of aryl methyl sites for hydroxylation is 3. The number of anilines is 1. The molecule has 6 heteroatoms. The van der Waals surface area contributed by atoms with Crippen LogP contribution in [0.25, 0.3) is 11.0 Å². The van der Waals surface area contributed by atoms with Crippen molar-refractivity contribution in [1.82, 2.24) is 19.1 Å². The Kier molecular flexibility index (Phi) is 3.82. The number of benzene rings is 1. The van der Waals surface area contributed by atoms with Crippen LogP contribution in [-0.2, 0) is 20.6 Å². The Balaban J connectivity index is 1.57. The Morgan fingerprint density at radius 2 is 1.88 bits per heavy atom. The molecule has 2 aromatic heterocycles. The number of imidazole rings is 1. The van der Waals surface area contributed by atoms with E-state index in [0.717, 1.165) is 28.0 Å². The third kappa shape index (κ3) is 2.81. The lowest BCUT2D eigenvalue weighted by Crippen LogP contribution is -2.19. The van der Waals surface area contributed by atoms with Gasteiger partial charge in [0.15, 0.2) is 0 Å². The second kappa shape index (κ2) is 6.02. The summed E-state index contributed by atoms with van der Waals surface area (Å²) < 4.78 is 3.35. The number of nitrogens with zero attached hydrogens (tertiary/aromatic N) is 4. The van der Waals surface area contributed by atoms with Crippen LogP contribution in [0.15, 0.2) is 29.1 Å². The van der Waals surface area contributed by atoms with Gasteiger partial charge >= 0.3 is 5.69 Å². The van der Waals surface area contributed by atoms with Crippen molar-refractivity contribution in [2.75, 3.05) is 5.32 Å². The zero-order valence-electron chi connectivity index (χ0n) is 14.9. The molecule has 1 aliphatic rings. The lowest BCUT2D eigenvalue weighted by Gasteiger charge is -2.25. The predicted molar refractivity (Wildman–Crippen MR) is 98.8 cm³/mol. The van der Waals surface area contributed by atoms with Gasteiger partial charge in [-0.25, -0.2) is 14.8 Å². The average Bonchev–Trinajstić information content (AvgIpc) is 2.75. The van der Waals surface area contributed by atoms with Crippen LogP contribution in [0.3, 0.4) is 0 Å². The largest absolute Gasteiger partial charge is 0.350 e. The number of nitrogens with one attached hydrogen (secondary N) is 1. The summed E-state index contributed by atoms with van der Waals surface area (Å²) in [5.41, 5.74) is 5.13. The molecule has 4 rings (SSSR count). The molecule has 0 bridgehead atoms. The van der Waals surface area contributed by atoms with E-state index in [4.69, 9.17) is 0 Å². The van der Waals surface area contributed by atoms with Gasteiger partial charge in [-0.05, 0) is 43.5 Å². The number of aromatic nitrogens is 4. The van der Waals surface area contributed by atoms with E-state index < -0.39 is 0 Å². The first-order chi connectivity index (χ1) is 12.0. The molecule has 0 amide bonds. The topological polar surface area (TPSA) is 64.7 Å². The van der Waals surface area contributed by atoms with E-state index >= 15 is 0 Å². The standard InChI is InChI=1S/C19H23N5O/c1-12-9-15(14-5-4-6-14)22-18(21-12)20-11-13-7-8-16-17(10-13)24(3)19(25)23(16)2/h7-10,14H,4-6,11H2,1-3H3,(H,20,21,22). The summed E-state index contributed by atoms with van der Waals surface area (Å²) in [6.07, 6.45) is 3.76. The van der Waals surface area contributed by atoms with Crippen LogP contribution in [0, 0.1) is 6.92 Å². The molecular weight excluding hydrogens is 314 g/mol. The Bertz CT molecular complexity index is 997. The molecule has 6 nitrogen and oxygen atoms in total. The van der Waals surface area contributed by atoms with Crippen LogP contribution < -0.4 is 11.0 Å². The summed E-state index contributed by atoms with van der Waals surface area (Å²) in [7, 11) is 3.60. The second-order valence-electron chi connectivity index (χ2n) is 6.96. The fourth-order valence-corrected chi connectivity index (χ4v) is 3.43. The Morgan fingerprint density at radius 1 is 1.12 bits per heavy atom. The van der Waals surface area contributed by atoms with Gasteiger partial charge in [0.1, 0.15) is 0 Å². The van der Waals surface area contributed by atoms with Crippen molar-refractivity contribution in [1.29, 1.82) is 0 Å². The van der Waals surface area contributed by atoms with Gasteiger partial charge in [-0.3, -0.25) is 9.13 Å². The van der Waals surface area contributed by atoms with Crippen LogP contribution in [-0.4, -0.2) is 19.1 Å². The van der Waals surface area contributed by atoms with E-state index in [9.17, 15) is 4.79 Å². The summed E-state index contributed by atoms with van der Waals surface area (Å²) in [4.78, 5) is 21.2. The van der Waals surface area contributed by atoms with Crippen molar-refractivity contribution in [3.63, 3.8) is 0 Å². The van der Waals surface area contributed by atoms with E-state index in [-0.39, 0.29) is 5.69 Å². The SMILES string of the molecule is Cc1cc(C2CCC2)nc(NCc2ccc3c(c2)n(C)c(=O)n3C)n1. The van der Waals surface area contributed by atoms with Crippen molar-refractivity contribution in [3.05, 3.63) is 51.7 Å². The van der Waals surface area contributed by atoms with Crippen molar-refractivity contribution >= 4 is 17.0 Å². The molecule has 2 heterocycles. The quantitative estimate of drug-likeness (QED) is 0.795. The molecule has 0 saturated heterocycles. The highest BCUT2D eigenvalue weighted by molar-refractivity contribution is 5.76. The van der Waals surface area contributed by atoms with E-state index in [1.54, 1.807) is 23.2 Å². The molecule has 1 N–H and O–H groups in total. The molecule has 1 fully saturated rings. The van der Waals surface area contributed by atoms with Gasteiger partial charge in [-0.15, -0.1) is 0 Å². The normalized spacial score (nSPS) is 14.7. The van der Waals surface area contributed by atoms with Crippen molar-refractivity contribution in [2.24, 2.45) is 14.1 Å². The first-order valence-electron chi connectivity index (χ1n) is 8.77. The second-order valence-corrected chi connectivity index (χ2v) is 6.96. The van der Waals surface area contributed by atoms with Crippen LogP contribution in [0.4, 0.5) is 5.95 Å². The summed E-state index contributed by atoms with van der Waals surface area (Å²) in [5, 5.41) is 3.33. The first kappa shape index (κ1) is 15.9. The molecule has 25 heavy (non-hydrogen) atoms. The lowest BCUT2D eigenvalue weighted by atomic mass is 9.83. The van der Waals surface area contributed by atoms with E-state index in [2.05, 4.69) is 21.4 Å². The molecule has 1 aliphatic carbocycles. The lowest BCUT2D eigenvalue weighted by molar-refractivity contribution is 0.410. The van der Waals surface area contributed by atoms with E-state index in [1.807, 2.05) is 25.1 Å². The van der Waals surface area contributed by atoms with Gasteiger partial charge in [0.05, 0.1) is 11.0 Å². The minimum atomic E-state index is -0.00716. The summed E-state index contributed by atoms with van der Waals surface area (Å²) >= 11 is 0. The van der Waals surface area contributed by atoms with Gasteiger partial charge in [-0.2, -0.15) is 0 Å². The van der Waals surface area contributed by atoms with Crippen molar-refractivity contribution < 1.29 is 0 Å². The van der Waals surface area contributed by atoms with Gasteiger partial charge in [0, 0.05) is 37.9 Å². The van der Waals surface area contributed by atoms with Crippen LogP contribution in [0.5, 0.6) is 0 Å². The van der Waals surface area contributed by atoms with Gasteiger partial charge in [0.25, 0.3) is 0 Å². The van der Waals surface area contributed by atoms with Crippen LogP contribution in [0.1, 0.15) is 42.1 Å². The molecule has 0 atom stereocenters. The van der Waals surface area contributed by atoms with Gasteiger partial charge in [-0.1, -0.05) is 12.5 Å². The summed E-state index contributed by atoms with van der Waals surface area (Å²) in [5.74, 6) is 1.28. The molecule has 0 aliphatic heterocycles. The summed E-state index contributed by atoms with van der Waals surface area (Å²) in [6, 6.07) is 8.18. The molecule has 0 unspecified atom stereocenters. The Labute approximate surface area is 146 Å². The molecule has 1 aromatic carbocycles. The molecule has 3 aromatic rings. The average molecular weight is 337 g/mol. The minimum absolute atomic E-state index is 0.00716. The molecule has 0 spiro atoms. The Hall–Kier alpha value is -2.63. The minimum Gasteiger partial charge on any atom is -0.350 e. The fraction of sp³-hybridized carbons (Fsp3) is 0.421. The third-order valence-electron chi connectivity index (χ3n) is 5.18.